The largest absolute Gasteiger partial charge is 0.313 e. The Bertz CT molecular complexity index is 336. The van der Waals surface area contributed by atoms with Crippen LogP contribution in [0.4, 0.5) is 0 Å². The van der Waals surface area contributed by atoms with Gasteiger partial charge in [-0.25, -0.2) is 0 Å². The lowest BCUT2D eigenvalue weighted by Gasteiger charge is -2.19. The van der Waals surface area contributed by atoms with E-state index in [1.54, 1.807) is 4.88 Å². The molecule has 0 radical (unpaired) electrons. The van der Waals surface area contributed by atoms with Gasteiger partial charge in [-0.2, -0.15) is 0 Å². The molecular formula is C15H23NS. The summed E-state index contributed by atoms with van der Waals surface area (Å²) in [6, 6.07) is 5.23. The molecule has 1 N–H and O–H groups in total. The van der Waals surface area contributed by atoms with Crippen LogP contribution in [0.15, 0.2) is 17.5 Å². The van der Waals surface area contributed by atoms with Crippen molar-refractivity contribution in [2.24, 2.45) is 17.8 Å². The van der Waals surface area contributed by atoms with Gasteiger partial charge in [0.2, 0.25) is 0 Å². The van der Waals surface area contributed by atoms with Gasteiger partial charge in [0, 0.05) is 10.9 Å². The number of hydrogen-bond acceptors (Lipinski definition) is 2. The topological polar surface area (TPSA) is 12.0 Å². The number of hydrogen-bond donors (Lipinski definition) is 1. The highest BCUT2D eigenvalue weighted by atomic mass is 32.1. The van der Waals surface area contributed by atoms with Crippen LogP contribution in [0.1, 0.15) is 37.5 Å². The van der Waals surface area contributed by atoms with Crippen molar-refractivity contribution < 1.29 is 0 Å². The summed E-state index contributed by atoms with van der Waals surface area (Å²) < 4.78 is 0. The molecule has 0 bridgehead atoms. The monoisotopic (exact) mass is 249 g/mol. The molecule has 3 unspecified atom stereocenters. The first-order valence-electron chi connectivity index (χ1n) is 7.16. The highest BCUT2D eigenvalue weighted by Gasteiger charge is 2.55. The molecule has 3 rings (SSSR count). The van der Waals surface area contributed by atoms with Crippen molar-refractivity contribution in [3.05, 3.63) is 22.4 Å². The Morgan fingerprint density at radius 3 is 2.88 bits per heavy atom. The van der Waals surface area contributed by atoms with Gasteiger partial charge in [-0.05, 0) is 61.4 Å². The Morgan fingerprint density at radius 1 is 1.41 bits per heavy atom. The molecule has 1 heterocycles. The van der Waals surface area contributed by atoms with E-state index < -0.39 is 0 Å². The van der Waals surface area contributed by atoms with Crippen LogP contribution in [0, 0.1) is 17.8 Å². The van der Waals surface area contributed by atoms with E-state index in [0.717, 1.165) is 23.8 Å². The van der Waals surface area contributed by atoms with E-state index >= 15 is 0 Å². The van der Waals surface area contributed by atoms with E-state index in [4.69, 9.17) is 0 Å². The predicted octanol–water partition coefficient (Wildman–Crippen LogP) is 3.70. The summed E-state index contributed by atoms with van der Waals surface area (Å²) >= 11 is 1.92. The van der Waals surface area contributed by atoms with E-state index in [1.807, 2.05) is 11.3 Å². The highest BCUT2D eigenvalue weighted by Crippen LogP contribution is 2.59. The van der Waals surface area contributed by atoms with Gasteiger partial charge < -0.3 is 5.32 Å². The molecular weight excluding hydrogens is 226 g/mol. The predicted molar refractivity (Wildman–Crippen MR) is 74.4 cm³/mol. The SMILES string of the molecule is CCCNC(Cc1cccs1)C1C2CCCC21. The van der Waals surface area contributed by atoms with Crippen LogP contribution < -0.4 is 5.32 Å². The molecule has 1 aromatic rings. The minimum absolute atomic E-state index is 0.754. The van der Waals surface area contributed by atoms with Crippen molar-refractivity contribution in [3.63, 3.8) is 0 Å². The Balaban J connectivity index is 1.61. The first-order chi connectivity index (χ1) is 8.40. The lowest BCUT2D eigenvalue weighted by molar-refractivity contribution is 0.405. The molecule has 2 saturated carbocycles. The van der Waals surface area contributed by atoms with E-state index in [0.29, 0.717) is 0 Å². The van der Waals surface area contributed by atoms with Gasteiger partial charge in [0.25, 0.3) is 0 Å². The first-order valence-corrected chi connectivity index (χ1v) is 8.04. The van der Waals surface area contributed by atoms with Crippen LogP contribution in [0.3, 0.4) is 0 Å². The minimum Gasteiger partial charge on any atom is -0.313 e. The fraction of sp³-hybridized carbons (Fsp3) is 0.733. The van der Waals surface area contributed by atoms with E-state index in [9.17, 15) is 0 Å². The zero-order valence-electron chi connectivity index (χ0n) is 10.7. The average Bonchev–Trinajstić information content (AvgIpc) is 2.81. The number of nitrogens with one attached hydrogen (secondary N) is 1. The van der Waals surface area contributed by atoms with Crippen LogP contribution in [0.25, 0.3) is 0 Å². The molecule has 3 atom stereocenters. The molecule has 2 aliphatic rings. The van der Waals surface area contributed by atoms with E-state index in [1.165, 1.54) is 38.6 Å². The molecule has 2 aliphatic carbocycles. The summed E-state index contributed by atoms with van der Waals surface area (Å²) in [6.45, 7) is 3.45. The Hall–Kier alpha value is -0.340. The van der Waals surface area contributed by atoms with Crippen molar-refractivity contribution >= 4 is 11.3 Å². The Kier molecular flexibility index (Phi) is 3.53. The fourth-order valence-corrected chi connectivity index (χ4v) is 4.56. The molecule has 1 nitrogen and oxygen atoms in total. The van der Waals surface area contributed by atoms with Crippen LogP contribution in [0.5, 0.6) is 0 Å². The molecule has 0 aromatic carbocycles. The average molecular weight is 249 g/mol. The fourth-order valence-electron chi connectivity index (χ4n) is 3.79. The third-order valence-electron chi connectivity index (χ3n) is 4.60. The van der Waals surface area contributed by atoms with Crippen LogP contribution >= 0.6 is 11.3 Å². The normalized spacial score (nSPS) is 32.4. The zero-order valence-corrected chi connectivity index (χ0v) is 11.5. The zero-order chi connectivity index (χ0) is 11.7. The third kappa shape index (κ3) is 2.43. The third-order valence-corrected chi connectivity index (χ3v) is 5.49. The summed E-state index contributed by atoms with van der Waals surface area (Å²) in [4.78, 5) is 1.56. The van der Waals surface area contributed by atoms with Crippen molar-refractivity contribution in [2.45, 2.75) is 45.1 Å². The summed E-state index contributed by atoms with van der Waals surface area (Å²) in [5, 5.41) is 6.01. The maximum absolute atomic E-state index is 3.80. The van der Waals surface area contributed by atoms with E-state index in [-0.39, 0.29) is 0 Å². The maximum atomic E-state index is 3.80. The second-order valence-corrected chi connectivity index (χ2v) is 6.71. The highest BCUT2D eigenvalue weighted by molar-refractivity contribution is 7.09. The van der Waals surface area contributed by atoms with Crippen LogP contribution in [-0.2, 0) is 6.42 Å². The Labute approximate surface area is 109 Å². The van der Waals surface area contributed by atoms with Gasteiger partial charge in [-0.15, -0.1) is 11.3 Å². The minimum atomic E-state index is 0.754. The van der Waals surface area contributed by atoms with E-state index in [2.05, 4.69) is 29.8 Å². The van der Waals surface area contributed by atoms with Crippen molar-refractivity contribution in [1.29, 1.82) is 0 Å². The standard InChI is InChI=1S/C15H23NS/c1-2-8-16-14(10-11-5-4-9-17-11)15-12-6-3-7-13(12)15/h4-5,9,12-16H,2-3,6-8,10H2,1H3. The van der Waals surface area contributed by atoms with Gasteiger partial charge in [-0.1, -0.05) is 19.4 Å². The van der Waals surface area contributed by atoms with Gasteiger partial charge in [0.05, 0.1) is 0 Å². The van der Waals surface area contributed by atoms with Gasteiger partial charge >= 0.3 is 0 Å². The molecule has 94 valence electrons. The molecule has 0 saturated heterocycles. The van der Waals surface area contributed by atoms with Crippen molar-refractivity contribution in [3.8, 4) is 0 Å². The summed E-state index contributed by atoms with van der Waals surface area (Å²) in [7, 11) is 0. The second-order valence-electron chi connectivity index (χ2n) is 5.68. The maximum Gasteiger partial charge on any atom is 0.0149 e. The lowest BCUT2D eigenvalue weighted by Crippen LogP contribution is -2.35. The molecule has 0 aliphatic heterocycles. The van der Waals surface area contributed by atoms with Crippen LogP contribution in [-0.4, -0.2) is 12.6 Å². The molecule has 0 spiro atoms. The molecule has 17 heavy (non-hydrogen) atoms. The molecule has 0 amide bonds. The quantitative estimate of drug-likeness (QED) is 0.810. The number of thiophene rings is 1. The molecule has 2 heteroatoms. The second kappa shape index (κ2) is 5.11. The summed E-state index contributed by atoms with van der Waals surface area (Å²) in [5.74, 6) is 3.14. The van der Waals surface area contributed by atoms with Gasteiger partial charge in [0.1, 0.15) is 0 Å². The smallest absolute Gasteiger partial charge is 0.0149 e. The van der Waals surface area contributed by atoms with Gasteiger partial charge in [0.15, 0.2) is 0 Å². The molecule has 1 aromatic heterocycles. The number of fused-ring (bicyclic) bond motifs is 1. The number of rotatable bonds is 6. The first kappa shape index (κ1) is 11.7. The summed E-state index contributed by atoms with van der Waals surface area (Å²) in [5.41, 5.74) is 0. The van der Waals surface area contributed by atoms with Crippen molar-refractivity contribution in [1.82, 2.24) is 5.32 Å². The van der Waals surface area contributed by atoms with Crippen LogP contribution in [0.2, 0.25) is 0 Å². The summed E-state index contributed by atoms with van der Waals surface area (Å²) in [6.07, 6.45) is 7.01. The molecule has 2 fully saturated rings. The lowest BCUT2D eigenvalue weighted by atomic mass is 10.0. The van der Waals surface area contributed by atoms with Crippen molar-refractivity contribution in [2.75, 3.05) is 6.54 Å². The van der Waals surface area contributed by atoms with Gasteiger partial charge in [-0.3, -0.25) is 0 Å². The Morgan fingerprint density at radius 2 is 2.24 bits per heavy atom.